The van der Waals surface area contributed by atoms with Crippen LogP contribution in [0.5, 0.6) is 5.75 Å². The number of carbonyl (C=O) groups excluding carboxylic acids is 1. The summed E-state index contributed by atoms with van der Waals surface area (Å²) in [7, 11) is 0. The van der Waals surface area contributed by atoms with Crippen molar-refractivity contribution in [2.24, 2.45) is 23.5 Å². The van der Waals surface area contributed by atoms with Gasteiger partial charge in [0.2, 0.25) is 5.91 Å². The molecule has 1 amide bonds. The zero-order valence-corrected chi connectivity index (χ0v) is 22.7. The SMILES string of the molecule is C=CCOc1cc(C[C@@H](C[C@H](N)[C@@H](O)C[C@@H](C)C(=O)NCCCC)C(C)C)ccc1C(C)(C)C. The van der Waals surface area contributed by atoms with Crippen LogP contribution in [-0.2, 0) is 16.6 Å². The summed E-state index contributed by atoms with van der Waals surface area (Å²) in [5.41, 5.74) is 8.81. The molecule has 0 aliphatic rings. The van der Waals surface area contributed by atoms with Crippen LogP contribution in [0.2, 0.25) is 0 Å². The van der Waals surface area contributed by atoms with E-state index in [0.29, 0.717) is 37.8 Å². The van der Waals surface area contributed by atoms with Gasteiger partial charge in [0.25, 0.3) is 0 Å². The highest BCUT2D eigenvalue weighted by molar-refractivity contribution is 5.78. The van der Waals surface area contributed by atoms with Gasteiger partial charge in [-0.15, -0.1) is 0 Å². The lowest BCUT2D eigenvalue weighted by molar-refractivity contribution is -0.125. The minimum Gasteiger partial charge on any atom is -0.489 e. The first kappa shape index (κ1) is 30.2. The average molecular weight is 475 g/mol. The third-order valence-electron chi connectivity index (χ3n) is 6.59. The molecule has 0 unspecified atom stereocenters. The third kappa shape index (κ3) is 10.2. The zero-order chi connectivity index (χ0) is 25.9. The molecule has 4 atom stereocenters. The second-order valence-electron chi connectivity index (χ2n) is 11.1. The van der Waals surface area contributed by atoms with Gasteiger partial charge in [-0.2, -0.15) is 0 Å². The standard InChI is InChI=1S/C29H50N2O3/c1-9-11-14-31-28(33)21(5)16-26(32)25(30)19-23(20(3)4)17-22-12-13-24(29(6,7)8)27(18-22)34-15-10-2/h10,12-13,18,20-21,23,25-26,32H,2,9,11,14-17,19,30H2,1,3-8H3,(H,31,33)/t21-,23+,25+,26+/m1/s1. The van der Waals surface area contributed by atoms with Gasteiger partial charge in [0.05, 0.1) is 6.10 Å². The van der Waals surface area contributed by atoms with Crippen LogP contribution in [-0.4, -0.2) is 36.3 Å². The first-order valence-corrected chi connectivity index (χ1v) is 13.0. The van der Waals surface area contributed by atoms with Gasteiger partial charge in [-0.25, -0.2) is 0 Å². The summed E-state index contributed by atoms with van der Waals surface area (Å²) in [4.78, 5) is 12.3. The molecule has 4 N–H and O–H groups in total. The molecule has 0 saturated carbocycles. The number of carbonyl (C=O) groups is 1. The second-order valence-corrected chi connectivity index (χ2v) is 11.1. The number of nitrogens with two attached hydrogens (primary N) is 1. The average Bonchev–Trinajstić information content (AvgIpc) is 2.76. The van der Waals surface area contributed by atoms with Crippen LogP contribution >= 0.6 is 0 Å². The van der Waals surface area contributed by atoms with E-state index in [9.17, 15) is 9.90 Å². The maximum absolute atomic E-state index is 12.3. The van der Waals surface area contributed by atoms with E-state index in [1.165, 1.54) is 11.1 Å². The summed E-state index contributed by atoms with van der Waals surface area (Å²) in [5, 5.41) is 13.7. The molecule has 0 bridgehead atoms. The highest BCUT2D eigenvalue weighted by atomic mass is 16.5. The molecule has 0 aromatic heterocycles. The second kappa shape index (κ2) is 14.5. The molecule has 5 heteroatoms. The van der Waals surface area contributed by atoms with Crippen molar-refractivity contribution in [1.29, 1.82) is 0 Å². The predicted molar refractivity (Wildman–Crippen MR) is 143 cm³/mol. The van der Waals surface area contributed by atoms with Gasteiger partial charge in [-0.1, -0.05) is 79.7 Å². The van der Waals surface area contributed by atoms with E-state index in [0.717, 1.165) is 25.0 Å². The van der Waals surface area contributed by atoms with Crippen molar-refractivity contribution in [2.45, 2.75) is 98.1 Å². The van der Waals surface area contributed by atoms with E-state index in [1.54, 1.807) is 6.08 Å². The van der Waals surface area contributed by atoms with Gasteiger partial charge in [0, 0.05) is 18.5 Å². The van der Waals surface area contributed by atoms with Crippen molar-refractivity contribution >= 4 is 5.91 Å². The van der Waals surface area contributed by atoms with Gasteiger partial charge < -0.3 is 20.9 Å². The van der Waals surface area contributed by atoms with Crippen LogP contribution in [0, 0.1) is 17.8 Å². The van der Waals surface area contributed by atoms with Crippen molar-refractivity contribution in [3.8, 4) is 5.75 Å². The molecule has 1 aromatic rings. The van der Waals surface area contributed by atoms with Crippen molar-refractivity contribution in [3.05, 3.63) is 42.0 Å². The normalized spacial score (nSPS) is 15.5. The third-order valence-corrected chi connectivity index (χ3v) is 6.59. The van der Waals surface area contributed by atoms with E-state index in [-0.39, 0.29) is 23.3 Å². The number of rotatable bonds is 15. The number of nitrogens with one attached hydrogen (secondary N) is 1. The molecule has 0 aliphatic heterocycles. The van der Waals surface area contributed by atoms with Crippen molar-refractivity contribution in [1.82, 2.24) is 5.32 Å². The Morgan fingerprint density at radius 2 is 1.91 bits per heavy atom. The van der Waals surface area contributed by atoms with Gasteiger partial charge in [0.1, 0.15) is 12.4 Å². The number of aliphatic hydroxyl groups is 1. The Bertz CT molecular complexity index is 754. The van der Waals surface area contributed by atoms with E-state index in [4.69, 9.17) is 10.5 Å². The summed E-state index contributed by atoms with van der Waals surface area (Å²) < 4.78 is 6.00. The molecule has 0 aliphatic carbocycles. The monoisotopic (exact) mass is 474 g/mol. The Balaban J connectivity index is 2.85. The Labute approximate surface area is 208 Å². The number of aliphatic hydroxyl groups excluding tert-OH is 1. The molecule has 5 nitrogen and oxygen atoms in total. The fraction of sp³-hybridized carbons (Fsp3) is 0.690. The van der Waals surface area contributed by atoms with Crippen LogP contribution in [0.4, 0.5) is 0 Å². The topological polar surface area (TPSA) is 84.6 Å². The highest BCUT2D eigenvalue weighted by Gasteiger charge is 2.26. The molecule has 0 fully saturated rings. The number of benzene rings is 1. The first-order chi connectivity index (χ1) is 15.9. The summed E-state index contributed by atoms with van der Waals surface area (Å²) in [6.45, 7) is 19.8. The Hall–Kier alpha value is -1.85. The van der Waals surface area contributed by atoms with Crippen molar-refractivity contribution < 1.29 is 14.6 Å². The lowest BCUT2D eigenvalue weighted by Gasteiger charge is -2.29. The van der Waals surface area contributed by atoms with Gasteiger partial charge >= 0.3 is 0 Å². The Morgan fingerprint density at radius 1 is 1.24 bits per heavy atom. The Morgan fingerprint density at radius 3 is 2.47 bits per heavy atom. The lowest BCUT2D eigenvalue weighted by atomic mass is 9.81. The van der Waals surface area contributed by atoms with Crippen LogP contribution < -0.4 is 15.8 Å². The van der Waals surface area contributed by atoms with Gasteiger partial charge in [0.15, 0.2) is 0 Å². The number of amides is 1. The van der Waals surface area contributed by atoms with E-state index < -0.39 is 6.10 Å². The molecule has 1 aromatic carbocycles. The number of ether oxygens (including phenoxy) is 1. The largest absolute Gasteiger partial charge is 0.489 e. The molecule has 34 heavy (non-hydrogen) atoms. The molecule has 1 rings (SSSR count). The van der Waals surface area contributed by atoms with E-state index in [1.807, 2.05) is 6.92 Å². The molecule has 0 spiro atoms. The highest BCUT2D eigenvalue weighted by Crippen LogP contribution is 2.34. The summed E-state index contributed by atoms with van der Waals surface area (Å²) >= 11 is 0. The maximum atomic E-state index is 12.3. The molecule has 194 valence electrons. The number of hydrogen-bond acceptors (Lipinski definition) is 4. The fourth-order valence-corrected chi connectivity index (χ4v) is 4.19. The molecule has 0 radical (unpaired) electrons. The lowest BCUT2D eigenvalue weighted by Crippen LogP contribution is -2.41. The quantitative estimate of drug-likeness (QED) is 0.235. The smallest absolute Gasteiger partial charge is 0.222 e. The summed E-state index contributed by atoms with van der Waals surface area (Å²) in [6.07, 6.45) is 5.01. The van der Waals surface area contributed by atoms with Gasteiger partial charge in [-0.3, -0.25) is 4.79 Å². The van der Waals surface area contributed by atoms with Crippen LogP contribution in [0.15, 0.2) is 30.9 Å². The maximum Gasteiger partial charge on any atom is 0.222 e. The van der Waals surface area contributed by atoms with E-state index in [2.05, 4.69) is 71.6 Å². The van der Waals surface area contributed by atoms with Crippen LogP contribution in [0.3, 0.4) is 0 Å². The number of unbranched alkanes of at least 4 members (excludes halogenated alkanes) is 1. The summed E-state index contributed by atoms with van der Waals surface area (Å²) in [6, 6.07) is 6.12. The minimum absolute atomic E-state index is 0.00824. The zero-order valence-electron chi connectivity index (χ0n) is 22.7. The minimum atomic E-state index is -0.706. The predicted octanol–water partition coefficient (Wildman–Crippen LogP) is 5.38. The van der Waals surface area contributed by atoms with Crippen molar-refractivity contribution in [3.63, 3.8) is 0 Å². The Kier molecular flexibility index (Phi) is 12.9. The first-order valence-electron chi connectivity index (χ1n) is 13.0. The van der Waals surface area contributed by atoms with Crippen LogP contribution in [0.1, 0.15) is 85.3 Å². The van der Waals surface area contributed by atoms with Gasteiger partial charge in [-0.05, 0) is 60.1 Å². The summed E-state index contributed by atoms with van der Waals surface area (Å²) in [5.74, 6) is 1.36. The molecular weight excluding hydrogens is 424 g/mol. The fourth-order valence-electron chi connectivity index (χ4n) is 4.19. The molecule has 0 saturated heterocycles. The van der Waals surface area contributed by atoms with Crippen molar-refractivity contribution in [2.75, 3.05) is 13.2 Å². The van der Waals surface area contributed by atoms with E-state index >= 15 is 0 Å². The van der Waals surface area contributed by atoms with Crippen LogP contribution in [0.25, 0.3) is 0 Å². The molecule has 0 heterocycles. The molecular formula is C29H50N2O3. The number of hydrogen-bond donors (Lipinski definition) is 3.